The lowest BCUT2D eigenvalue weighted by Gasteiger charge is -2.06. The standard InChI is InChI=1S/C15H12O5/c1-2-3-4-7-19-11-6-5-10-8-12(14(16)17)15(18)20-13(10)9-11/h1,5-6,8-9H,3-4,7H2,(H,16,17). The molecule has 1 N–H and O–H groups in total. The second-order valence-electron chi connectivity index (χ2n) is 4.11. The molecule has 0 amide bonds. The Bertz CT molecular complexity index is 736. The van der Waals surface area contributed by atoms with Gasteiger partial charge >= 0.3 is 11.6 Å². The topological polar surface area (TPSA) is 76.7 Å². The molecule has 0 radical (unpaired) electrons. The minimum absolute atomic E-state index is 0.287. The van der Waals surface area contributed by atoms with Crippen LogP contribution in [-0.4, -0.2) is 17.7 Å². The molecule has 102 valence electrons. The van der Waals surface area contributed by atoms with Crippen LogP contribution in [0.1, 0.15) is 23.2 Å². The van der Waals surface area contributed by atoms with Crippen LogP contribution in [0.15, 0.2) is 33.5 Å². The van der Waals surface area contributed by atoms with Gasteiger partial charge in [0.2, 0.25) is 0 Å². The molecule has 0 saturated carbocycles. The molecule has 0 saturated heterocycles. The highest BCUT2D eigenvalue weighted by Gasteiger charge is 2.12. The van der Waals surface area contributed by atoms with E-state index >= 15 is 0 Å². The van der Waals surface area contributed by atoms with Crippen molar-refractivity contribution in [2.24, 2.45) is 0 Å². The van der Waals surface area contributed by atoms with Crippen molar-refractivity contribution >= 4 is 16.9 Å². The maximum atomic E-state index is 11.5. The van der Waals surface area contributed by atoms with Crippen LogP contribution in [0.25, 0.3) is 11.0 Å². The summed E-state index contributed by atoms with van der Waals surface area (Å²) in [5.74, 6) is 1.74. The van der Waals surface area contributed by atoms with Gasteiger partial charge in [-0.05, 0) is 24.6 Å². The van der Waals surface area contributed by atoms with Crippen LogP contribution in [0.3, 0.4) is 0 Å². The zero-order valence-corrected chi connectivity index (χ0v) is 10.6. The first-order valence-electron chi connectivity index (χ1n) is 5.99. The number of carboxylic acids is 1. The SMILES string of the molecule is C#CCCCOc1ccc2cc(C(=O)O)c(=O)oc2c1. The first-order chi connectivity index (χ1) is 9.61. The zero-order chi connectivity index (χ0) is 14.5. The summed E-state index contributed by atoms with van der Waals surface area (Å²) in [5.41, 5.74) is -0.982. The Morgan fingerprint density at radius 3 is 2.90 bits per heavy atom. The minimum Gasteiger partial charge on any atom is -0.493 e. The number of ether oxygens (including phenoxy) is 1. The Hall–Kier alpha value is -2.74. The summed E-state index contributed by atoms with van der Waals surface area (Å²) in [6.07, 6.45) is 6.50. The normalized spacial score (nSPS) is 10.2. The Morgan fingerprint density at radius 1 is 1.40 bits per heavy atom. The van der Waals surface area contributed by atoms with Crippen LogP contribution in [0.5, 0.6) is 5.75 Å². The molecule has 0 spiro atoms. The van der Waals surface area contributed by atoms with Gasteiger partial charge in [-0.15, -0.1) is 12.3 Å². The maximum Gasteiger partial charge on any atom is 0.351 e. The lowest BCUT2D eigenvalue weighted by Crippen LogP contribution is -2.12. The Kier molecular flexibility index (Phi) is 4.06. The molecule has 0 unspecified atom stereocenters. The molecule has 0 aliphatic rings. The van der Waals surface area contributed by atoms with E-state index in [4.69, 9.17) is 20.7 Å². The van der Waals surface area contributed by atoms with Crippen molar-refractivity contribution in [2.45, 2.75) is 12.8 Å². The Morgan fingerprint density at radius 2 is 2.20 bits per heavy atom. The van der Waals surface area contributed by atoms with Crippen molar-refractivity contribution in [3.63, 3.8) is 0 Å². The van der Waals surface area contributed by atoms with Gasteiger partial charge in [0.15, 0.2) is 0 Å². The van der Waals surface area contributed by atoms with Crippen LogP contribution >= 0.6 is 0 Å². The van der Waals surface area contributed by atoms with Gasteiger partial charge in [0.1, 0.15) is 16.9 Å². The van der Waals surface area contributed by atoms with Crippen LogP contribution in [0, 0.1) is 12.3 Å². The fraction of sp³-hybridized carbons (Fsp3) is 0.200. The molecule has 5 heteroatoms. The van der Waals surface area contributed by atoms with Gasteiger partial charge < -0.3 is 14.3 Å². The number of rotatable bonds is 5. The van der Waals surface area contributed by atoms with Gasteiger partial charge in [-0.2, -0.15) is 0 Å². The monoisotopic (exact) mass is 272 g/mol. The number of hydrogen-bond acceptors (Lipinski definition) is 4. The summed E-state index contributed by atoms with van der Waals surface area (Å²) < 4.78 is 10.4. The molecular weight excluding hydrogens is 260 g/mol. The highest BCUT2D eigenvalue weighted by Crippen LogP contribution is 2.20. The third kappa shape index (κ3) is 2.98. The van der Waals surface area contributed by atoms with Gasteiger partial charge in [0.25, 0.3) is 0 Å². The van der Waals surface area contributed by atoms with Crippen molar-refractivity contribution in [1.82, 2.24) is 0 Å². The number of aromatic carboxylic acids is 1. The summed E-state index contributed by atoms with van der Waals surface area (Å²) in [4.78, 5) is 22.3. The average Bonchev–Trinajstić information content (AvgIpc) is 2.42. The first kappa shape index (κ1) is 13.7. The summed E-state index contributed by atoms with van der Waals surface area (Å²) in [6.45, 7) is 0.465. The fourth-order valence-corrected chi connectivity index (χ4v) is 1.69. The lowest BCUT2D eigenvalue weighted by atomic mass is 10.2. The molecule has 0 bridgehead atoms. The van der Waals surface area contributed by atoms with Crippen molar-refractivity contribution in [3.8, 4) is 18.1 Å². The molecule has 0 aliphatic carbocycles. The number of hydrogen-bond donors (Lipinski definition) is 1. The van der Waals surface area contributed by atoms with Crippen LogP contribution in [0.2, 0.25) is 0 Å². The number of carbonyl (C=O) groups is 1. The summed E-state index contributed by atoms with van der Waals surface area (Å²) in [5, 5.41) is 9.37. The predicted molar refractivity (Wildman–Crippen MR) is 73.0 cm³/mol. The molecule has 0 aliphatic heterocycles. The number of benzene rings is 1. The Balaban J connectivity index is 2.27. The quantitative estimate of drug-likeness (QED) is 0.513. The maximum absolute atomic E-state index is 11.5. The van der Waals surface area contributed by atoms with Crippen LogP contribution < -0.4 is 10.4 Å². The van der Waals surface area contributed by atoms with Crippen molar-refractivity contribution in [1.29, 1.82) is 0 Å². The molecule has 2 aromatic rings. The average molecular weight is 272 g/mol. The second-order valence-corrected chi connectivity index (χ2v) is 4.11. The summed E-state index contributed by atoms with van der Waals surface area (Å²) in [7, 11) is 0. The van der Waals surface area contributed by atoms with Gasteiger partial charge in [-0.3, -0.25) is 0 Å². The van der Waals surface area contributed by atoms with Gasteiger partial charge in [-0.1, -0.05) is 0 Å². The van der Waals surface area contributed by atoms with Gasteiger partial charge in [-0.25, -0.2) is 9.59 Å². The van der Waals surface area contributed by atoms with E-state index < -0.39 is 11.6 Å². The first-order valence-corrected chi connectivity index (χ1v) is 5.99. The molecule has 0 atom stereocenters. The summed E-state index contributed by atoms with van der Waals surface area (Å²) in [6, 6.07) is 6.16. The van der Waals surface area contributed by atoms with Crippen LogP contribution in [-0.2, 0) is 0 Å². The van der Waals surface area contributed by atoms with E-state index in [1.807, 2.05) is 0 Å². The smallest absolute Gasteiger partial charge is 0.351 e. The van der Waals surface area contributed by atoms with Crippen molar-refractivity contribution < 1.29 is 19.1 Å². The number of carboxylic acid groups (broad SMARTS) is 1. The van der Waals surface area contributed by atoms with Crippen molar-refractivity contribution in [2.75, 3.05) is 6.61 Å². The van der Waals surface area contributed by atoms with E-state index in [0.717, 1.165) is 6.42 Å². The van der Waals surface area contributed by atoms with Crippen LogP contribution in [0.4, 0.5) is 0 Å². The number of unbranched alkanes of at least 4 members (excludes halogenated alkanes) is 1. The second kappa shape index (κ2) is 5.93. The molecule has 2 rings (SSSR count). The molecule has 1 aromatic carbocycles. The molecule has 1 aromatic heterocycles. The third-order valence-corrected chi connectivity index (χ3v) is 2.67. The minimum atomic E-state index is -1.31. The zero-order valence-electron chi connectivity index (χ0n) is 10.6. The highest BCUT2D eigenvalue weighted by molar-refractivity contribution is 5.91. The van der Waals surface area contributed by atoms with E-state index in [9.17, 15) is 9.59 Å². The number of fused-ring (bicyclic) bond motifs is 1. The van der Waals surface area contributed by atoms with Gasteiger partial charge in [0.05, 0.1) is 6.61 Å². The molecule has 20 heavy (non-hydrogen) atoms. The van der Waals surface area contributed by atoms with E-state index in [0.29, 0.717) is 24.2 Å². The van der Waals surface area contributed by atoms with E-state index in [1.54, 1.807) is 18.2 Å². The van der Waals surface area contributed by atoms with Gasteiger partial charge in [0, 0.05) is 17.9 Å². The lowest BCUT2D eigenvalue weighted by molar-refractivity contribution is 0.0692. The summed E-state index contributed by atoms with van der Waals surface area (Å²) >= 11 is 0. The largest absolute Gasteiger partial charge is 0.493 e. The predicted octanol–water partition coefficient (Wildman–Crippen LogP) is 2.28. The molecular formula is C15H12O5. The molecule has 1 heterocycles. The Labute approximate surface area is 114 Å². The molecule has 5 nitrogen and oxygen atoms in total. The van der Waals surface area contributed by atoms with E-state index in [1.165, 1.54) is 6.07 Å². The van der Waals surface area contributed by atoms with Crippen molar-refractivity contribution in [3.05, 3.63) is 40.2 Å². The van der Waals surface area contributed by atoms with E-state index in [-0.39, 0.29) is 11.1 Å². The number of terminal acetylenes is 1. The van der Waals surface area contributed by atoms with E-state index in [2.05, 4.69) is 5.92 Å². The third-order valence-electron chi connectivity index (χ3n) is 2.67. The fourth-order valence-electron chi connectivity index (χ4n) is 1.69. The molecule has 0 fully saturated rings. The highest BCUT2D eigenvalue weighted by atomic mass is 16.5.